The summed E-state index contributed by atoms with van der Waals surface area (Å²) in [5.41, 5.74) is 4.26. The van der Waals surface area contributed by atoms with Gasteiger partial charge in [0.25, 0.3) is 0 Å². The average molecular weight is 377 g/mol. The molecule has 2 aliphatic rings. The van der Waals surface area contributed by atoms with Crippen LogP contribution in [0.5, 0.6) is 5.88 Å². The van der Waals surface area contributed by atoms with Crippen LogP contribution in [0.3, 0.4) is 0 Å². The van der Waals surface area contributed by atoms with E-state index in [1.54, 1.807) is 0 Å². The van der Waals surface area contributed by atoms with E-state index in [4.69, 9.17) is 9.84 Å². The molecule has 0 bridgehead atoms. The highest BCUT2D eigenvalue weighted by atomic mass is 16.5. The maximum absolute atomic E-state index is 6.19. The zero-order valence-corrected chi connectivity index (χ0v) is 16.4. The second kappa shape index (κ2) is 7.43. The summed E-state index contributed by atoms with van der Waals surface area (Å²) < 4.78 is 8.10. The quantitative estimate of drug-likeness (QED) is 0.697. The summed E-state index contributed by atoms with van der Waals surface area (Å²) in [7, 11) is 2.15. The monoisotopic (exact) mass is 377 g/mol. The molecule has 0 amide bonds. The minimum atomic E-state index is 0.203. The Morgan fingerprint density at radius 3 is 2.79 bits per heavy atom. The van der Waals surface area contributed by atoms with Gasteiger partial charge in [0.1, 0.15) is 6.10 Å². The van der Waals surface area contributed by atoms with Crippen LogP contribution < -0.4 is 9.64 Å². The smallest absolute Gasteiger partial charge is 0.232 e. The Bertz CT molecular complexity index is 962. The van der Waals surface area contributed by atoms with Crippen LogP contribution in [0.2, 0.25) is 0 Å². The first-order valence-electron chi connectivity index (χ1n) is 10.3. The molecule has 0 aliphatic carbocycles. The first kappa shape index (κ1) is 17.5. The third-order valence-corrected chi connectivity index (χ3v) is 5.82. The summed E-state index contributed by atoms with van der Waals surface area (Å²) in [6, 6.07) is 12.6. The predicted octanol–water partition coefficient (Wildman–Crippen LogP) is 3.47. The van der Waals surface area contributed by atoms with E-state index in [1.165, 1.54) is 24.9 Å². The van der Waals surface area contributed by atoms with E-state index in [0.29, 0.717) is 5.88 Å². The van der Waals surface area contributed by atoms with Crippen molar-refractivity contribution in [3.05, 3.63) is 42.6 Å². The summed E-state index contributed by atoms with van der Waals surface area (Å²) in [6.45, 7) is 4.38. The lowest BCUT2D eigenvalue weighted by Gasteiger charge is -2.29. The van der Waals surface area contributed by atoms with E-state index < -0.39 is 0 Å². The number of likely N-dealkylation sites (tertiary alicyclic amines) is 1. The number of imidazole rings is 1. The fourth-order valence-electron chi connectivity index (χ4n) is 4.34. The molecule has 1 unspecified atom stereocenters. The van der Waals surface area contributed by atoms with Gasteiger partial charge in [0.05, 0.1) is 11.9 Å². The minimum absolute atomic E-state index is 0.203. The van der Waals surface area contributed by atoms with Crippen molar-refractivity contribution < 1.29 is 4.74 Å². The van der Waals surface area contributed by atoms with Gasteiger partial charge in [-0.25, -0.2) is 9.50 Å². The molecule has 2 aromatic heterocycles. The molecule has 1 atom stereocenters. The summed E-state index contributed by atoms with van der Waals surface area (Å²) in [6.07, 6.45) is 6.91. The van der Waals surface area contributed by atoms with Gasteiger partial charge in [0, 0.05) is 37.0 Å². The number of fused-ring (bicyclic) bond motifs is 1. The Kier molecular flexibility index (Phi) is 4.64. The number of ether oxygens (including phenoxy) is 1. The van der Waals surface area contributed by atoms with Gasteiger partial charge < -0.3 is 14.5 Å². The van der Waals surface area contributed by atoms with Crippen LogP contribution >= 0.6 is 0 Å². The maximum atomic E-state index is 6.19. The van der Waals surface area contributed by atoms with Crippen LogP contribution in [0.1, 0.15) is 25.7 Å². The molecule has 2 saturated heterocycles. The van der Waals surface area contributed by atoms with E-state index in [-0.39, 0.29) is 6.10 Å². The lowest BCUT2D eigenvalue weighted by atomic mass is 10.1. The second-order valence-corrected chi connectivity index (χ2v) is 7.97. The lowest BCUT2D eigenvalue weighted by molar-refractivity contribution is 0.0988. The first-order chi connectivity index (χ1) is 13.8. The summed E-state index contributed by atoms with van der Waals surface area (Å²) in [4.78, 5) is 9.32. The molecule has 0 N–H and O–H groups in total. The van der Waals surface area contributed by atoms with Gasteiger partial charge in [0.2, 0.25) is 5.88 Å². The molecule has 28 heavy (non-hydrogen) atoms. The summed E-state index contributed by atoms with van der Waals surface area (Å²) in [5, 5.41) is 4.76. The van der Waals surface area contributed by atoms with Gasteiger partial charge in [-0.1, -0.05) is 12.1 Å². The van der Waals surface area contributed by atoms with E-state index >= 15 is 0 Å². The van der Waals surface area contributed by atoms with Gasteiger partial charge in [-0.15, -0.1) is 5.10 Å². The molecular formula is C22H27N5O. The van der Waals surface area contributed by atoms with Crippen molar-refractivity contribution in [3.8, 4) is 17.1 Å². The molecular weight excluding hydrogens is 350 g/mol. The standard InChI is InChI=1S/C22H27N5O/c1-25-11-5-8-19(16-25)28-22-10-9-21-23-15-20(27(21)24-22)17-6-4-7-18(14-17)26-12-2-3-13-26/h4,6-7,9-10,14-15,19H,2-3,5,8,11-13,16H2,1H3. The van der Waals surface area contributed by atoms with Gasteiger partial charge in [-0.2, -0.15) is 0 Å². The van der Waals surface area contributed by atoms with E-state index in [9.17, 15) is 0 Å². The largest absolute Gasteiger partial charge is 0.472 e. The van der Waals surface area contributed by atoms with E-state index in [2.05, 4.69) is 46.1 Å². The van der Waals surface area contributed by atoms with Crippen LogP contribution in [0.4, 0.5) is 5.69 Å². The number of likely N-dealkylation sites (N-methyl/N-ethyl adjacent to an activating group) is 1. The van der Waals surface area contributed by atoms with Gasteiger partial charge in [-0.3, -0.25) is 0 Å². The fourth-order valence-corrected chi connectivity index (χ4v) is 4.34. The van der Waals surface area contributed by atoms with Crippen LogP contribution in [-0.2, 0) is 0 Å². The van der Waals surface area contributed by atoms with Crippen molar-refractivity contribution in [1.82, 2.24) is 19.5 Å². The van der Waals surface area contributed by atoms with E-state index in [1.807, 2.05) is 22.8 Å². The second-order valence-electron chi connectivity index (χ2n) is 7.97. The SMILES string of the molecule is CN1CCCC(Oc2ccc3ncc(-c4cccc(N5CCCC5)c4)n3n2)C1. The molecule has 5 rings (SSSR count). The molecule has 0 radical (unpaired) electrons. The van der Waals surface area contributed by atoms with Crippen LogP contribution in [0.15, 0.2) is 42.6 Å². The number of anilines is 1. The molecule has 3 aromatic rings. The Hall–Kier alpha value is -2.60. The topological polar surface area (TPSA) is 45.9 Å². The Morgan fingerprint density at radius 1 is 1.04 bits per heavy atom. The van der Waals surface area contributed by atoms with Crippen molar-refractivity contribution in [2.75, 3.05) is 38.1 Å². The highest BCUT2D eigenvalue weighted by molar-refractivity contribution is 5.68. The molecule has 1 aromatic carbocycles. The van der Waals surface area contributed by atoms with Crippen molar-refractivity contribution >= 4 is 11.3 Å². The highest BCUT2D eigenvalue weighted by Crippen LogP contribution is 2.28. The molecule has 4 heterocycles. The maximum Gasteiger partial charge on any atom is 0.232 e. The third kappa shape index (κ3) is 3.44. The van der Waals surface area contributed by atoms with Gasteiger partial charge >= 0.3 is 0 Å². The Morgan fingerprint density at radius 2 is 1.93 bits per heavy atom. The number of rotatable bonds is 4. The van der Waals surface area contributed by atoms with E-state index in [0.717, 1.165) is 49.5 Å². The number of aromatic nitrogens is 3. The highest BCUT2D eigenvalue weighted by Gasteiger charge is 2.20. The average Bonchev–Trinajstić information content (AvgIpc) is 3.38. The number of piperidine rings is 1. The number of benzene rings is 1. The Labute approximate surface area is 165 Å². The zero-order chi connectivity index (χ0) is 18.9. The molecule has 6 heteroatoms. The first-order valence-corrected chi connectivity index (χ1v) is 10.3. The summed E-state index contributed by atoms with van der Waals surface area (Å²) in [5.74, 6) is 0.669. The number of nitrogens with zero attached hydrogens (tertiary/aromatic N) is 5. The zero-order valence-electron chi connectivity index (χ0n) is 16.4. The van der Waals surface area contributed by atoms with Crippen LogP contribution in [0.25, 0.3) is 16.9 Å². The molecule has 2 fully saturated rings. The summed E-state index contributed by atoms with van der Waals surface area (Å²) >= 11 is 0. The third-order valence-electron chi connectivity index (χ3n) is 5.82. The fraction of sp³-hybridized carbons (Fsp3) is 0.455. The van der Waals surface area contributed by atoms with Crippen LogP contribution in [-0.4, -0.2) is 58.8 Å². The van der Waals surface area contributed by atoms with Crippen molar-refractivity contribution in [2.45, 2.75) is 31.8 Å². The molecule has 0 spiro atoms. The molecule has 0 saturated carbocycles. The molecule has 146 valence electrons. The number of hydrogen-bond donors (Lipinski definition) is 0. The van der Waals surface area contributed by atoms with Crippen LogP contribution in [0, 0.1) is 0 Å². The van der Waals surface area contributed by atoms with Gasteiger partial charge in [-0.05, 0) is 57.5 Å². The van der Waals surface area contributed by atoms with Crippen molar-refractivity contribution in [3.63, 3.8) is 0 Å². The lowest BCUT2D eigenvalue weighted by Crippen LogP contribution is -2.38. The molecule has 6 nitrogen and oxygen atoms in total. The van der Waals surface area contributed by atoms with Gasteiger partial charge in [0.15, 0.2) is 5.65 Å². The normalized spacial score (nSPS) is 20.8. The van der Waals surface area contributed by atoms with Crippen molar-refractivity contribution in [2.24, 2.45) is 0 Å². The molecule has 2 aliphatic heterocycles. The minimum Gasteiger partial charge on any atom is -0.472 e. The predicted molar refractivity (Wildman–Crippen MR) is 111 cm³/mol. The Balaban J connectivity index is 1.44. The number of hydrogen-bond acceptors (Lipinski definition) is 5. The van der Waals surface area contributed by atoms with Crippen molar-refractivity contribution in [1.29, 1.82) is 0 Å².